The molecular formula is C40H55BrF2O5S2. The number of hydrogen-bond acceptors (Lipinski definition) is 5. The molecule has 0 unspecified atom stereocenters. The third kappa shape index (κ3) is 18.3. The van der Waals surface area contributed by atoms with Gasteiger partial charge in [-0.2, -0.15) is 8.78 Å². The van der Waals surface area contributed by atoms with E-state index in [1.807, 2.05) is 0 Å². The summed E-state index contributed by atoms with van der Waals surface area (Å²) in [6.07, 6.45) is 21.3. The Kier molecular flexibility index (Phi) is 23.3. The molecular weight excluding hydrogens is 742 g/mol. The average molecular weight is 798 g/mol. The van der Waals surface area contributed by atoms with Crippen molar-refractivity contribution in [1.29, 1.82) is 0 Å². The second-order valence-corrected chi connectivity index (χ2v) is 16.6. The summed E-state index contributed by atoms with van der Waals surface area (Å²) in [6.45, 7) is -0.304. The minimum absolute atomic E-state index is 0.0146. The maximum atomic E-state index is 12.9. The Morgan fingerprint density at radius 2 is 0.840 bits per heavy atom. The molecule has 0 aliphatic heterocycles. The summed E-state index contributed by atoms with van der Waals surface area (Å²) in [5.74, 6) is -2.29. The summed E-state index contributed by atoms with van der Waals surface area (Å²) in [5, 5.41) is -3.89. The van der Waals surface area contributed by atoms with Crippen molar-refractivity contribution in [3.8, 4) is 0 Å². The molecule has 0 amide bonds. The Bertz CT molecular complexity index is 1290. The van der Waals surface area contributed by atoms with Crippen LogP contribution in [-0.2, 0) is 30.5 Å². The highest BCUT2D eigenvalue weighted by Gasteiger charge is 2.48. The van der Waals surface area contributed by atoms with E-state index in [0.29, 0.717) is 12.8 Å². The van der Waals surface area contributed by atoms with E-state index in [0.717, 1.165) is 24.6 Å². The Labute approximate surface area is 311 Å². The van der Waals surface area contributed by atoms with Crippen molar-refractivity contribution in [2.75, 3.05) is 11.9 Å². The molecule has 0 spiro atoms. The Morgan fingerprint density at radius 1 is 0.560 bits per heavy atom. The summed E-state index contributed by atoms with van der Waals surface area (Å²) >= 11 is 3.46. The Morgan fingerprint density at radius 3 is 1.12 bits per heavy atom. The molecule has 3 rings (SSSR count). The van der Waals surface area contributed by atoms with E-state index >= 15 is 0 Å². The van der Waals surface area contributed by atoms with Crippen molar-refractivity contribution in [1.82, 2.24) is 0 Å². The van der Waals surface area contributed by atoms with E-state index < -0.39 is 21.3 Å². The van der Waals surface area contributed by atoms with Gasteiger partial charge < -0.3 is 9.29 Å². The predicted molar refractivity (Wildman–Crippen MR) is 204 cm³/mol. The van der Waals surface area contributed by atoms with Crippen molar-refractivity contribution in [3.63, 3.8) is 0 Å². The molecule has 0 bridgehead atoms. The number of benzene rings is 3. The maximum absolute atomic E-state index is 12.9. The van der Waals surface area contributed by atoms with Gasteiger partial charge >= 0.3 is 11.2 Å². The lowest BCUT2D eigenvalue weighted by Gasteiger charge is -2.17. The lowest BCUT2D eigenvalue weighted by atomic mass is 10.0. The third-order valence-corrected chi connectivity index (χ3v) is 11.8. The van der Waals surface area contributed by atoms with Gasteiger partial charge in [-0.25, -0.2) is 13.2 Å². The van der Waals surface area contributed by atoms with Crippen LogP contribution in [0.25, 0.3) is 0 Å². The lowest BCUT2D eigenvalue weighted by Crippen LogP contribution is -2.39. The minimum atomic E-state index is -6.04. The predicted octanol–water partition coefficient (Wildman–Crippen LogP) is 11.9. The van der Waals surface area contributed by atoms with Gasteiger partial charge in [0.2, 0.25) is 0 Å². The van der Waals surface area contributed by atoms with Crippen molar-refractivity contribution in [2.24, 2.45) is 0 Å². The second-order valence-electron chi connectivity index (χ2n) is 12.4. The van der Waals surface area contributed by atoms with Gasteiger partial charge in [-0.05, 0) is 49.2 Å². The highest BCUT2D eigenvalue weighted by molar-refractivity contribution is 9.09. The first kappa shape index (κ1) is 43.9. The monoisotopic (exact) mass is 796 g/mol. The van der Waals surface area contributed by atoms with Crippen molar-refractivity contribution >= 4 is 42.9 Å². The summed E-state index contributed by atoms with van der Waals surface area (Å²) in [5.41, 5.74) is 0. The molecule has 0 aromatic heterocycles. The molecule has 278 valence electrons. The van der Waals surface area contributed by atoms with E-state index in [1.165, 1.54) is 98.2 Å². The normalized spacial score (nSPS) is 11.6. The number of alkyl halides is 3. The zero-order valence-corrected chi connectivity index (χ0v) is 32.5. The molecule has 0 saturated carbocycles. The van der Waals surface area contributed by atoms with E-state index in [4.69, 9.17) is 0 Å². The first-order chi connectivity index (χ1) is 24.2. The summed E-state index contributed by atoms with van der Waals surface area (Å²) in [7, 11) is -6.05. The molecule has 0 aliphatic carbocycles. The van der Waals surface area contributed by atoms with Gasteiger partial charge in [0.15, 0.2) is 24.8 Å². The van der Waals surface area contributed by atoms with Crippen LogP contribution in [0.4, 0.5) is 8.78 Å². The molecule has 3 aromatic carbocycles. The average Bonchev–Trinajstić information content (AvgIpc) is 3.12. The quantitative estimate of drug-likeness (QED) is 0.0280. The molecule has 0 radical (unpaired) electrons. The van der Waals surface area contributed by atoms with Crippen LogP contribution in [0, 0.1) is 0 Å². The molecule has 0 atom stereocenters. The summed E-state index contributed by atoms with van der Waals surface area (Å²) < 4.78 is 60.9. The van der Waals surface area contributed by atoms with Crippen molar-refractivity contribution < 1.29 is 31.3 Å². The van der Waals surface area contributed by atoms with Gasteiger partial charge in [-0.3, -0.25) is 0 Å². The van der Waals surface area contributed by atoms with Crippen LogP contribution in [0.2, 0.25) is 0 Å². The highest BCUT2D eigenvalue weighted by Crippen LogP contribution is 2.30. The molecule has 3 aromatic rings. The number of rotatable bonds is 25. The van der Waals surface area contributed by atoms with Crippen molar-refractivity contribution in [3.05, 3.63) is 91.0 Å². The first-order valence-electron chi connectivity index (χ1n) is 18.1. The van der Waals surface area contributed by atoms with Crippen LogP contribution in [0.1, 0.15) is 116 Å². The smallest absolute Gasteiger partial charge is 0.428 e. The number of carbonyl (C=O) groups excluding carboxylic acids is 1. The molecule has 0 N–H and O–H groups in total. The summed E-state index contributed by atoms with van der Waals surface area (Å²) in [6, 6.07) is 32.2. The van der Waals surface area contributed by atoms with Gasteiger partial charge in [0.05, 0.1) is 17.5 Å². The number of unbranched alkanes of at least 4 members (excludes halogenated alkanes) is 17. The fourth-order valence-electron chi connectivity index (χ4n) is 5.45. The molecule has 0 heterocycles. The molecule has 5 nitrogen and oxygen atoms in total. The number of hydrogen-bond donors (Lipinski definition) is 0. The molecule has 50 heavy (non-hydrogen) atoms. The zero-order valence-electron chi connectivity index (χ0n) is 29.3. The fourth-order valence-corrected chi connectivity index (χ4v) is 8.22. The van der Waals surface area contributed by atoms with Crippen LogP contribution in [0.5, 0.6) is 0 Å². The number of halogens is 3. The second kappa shape index (κ2) is 26.5. The Balaban J connectivity index is 0.000000384. The molecule has 10 heteroatoms. The van der Waals surface area contributed by atoms with Crippen LogP contribution >= 0.6 is 15.9 Å². The van der Waals surface area contributed by atoms with Gasteiger partial charge in [-0.1, -0.05) is 173 Å². The highest BCUT2D eigenvalue weighted by atomic mass is 79.9. The van der Waals surface area contributed by atoms with E-state index in [9.17, 15) is 26.5 Å². The fraction of sp³-hybridized carbons (Fsp3) is 0.525. The number of carbonyl (C=O) groups is 1. The van der Waals surface area contributed by atoms with Gasteiger partial charge in [-0.15, -0.1) is 0 Å². The van der Waals surface area contributed by atoms with E-state index in [2.05, 4.69) is 112 Å². The largest absolute Gasteiger partial charge is 0.743 e. The maximum Gasteiger partial charge on any atom is 0.428 e. The zero-order chi connectivity index (χ0) is 36.3. The number of ether oxygens (including phenoxy) is 1. The van der Waals surface area contributed by atoms with Gasteiger partial charge in [0, 0.05) is 5.33 Å². The van der Waals surface area contributed by atoms with E-state index in [1.54, 1.807) is 0 Å². The number of esters is 1. The van der Waals surface area contributed by atoms with Crippen LogP contribution in [0.15, 0.2) is 106 Å². The summed E-state index contributed by atoms with van der Waals surface area (Å²) in [4.78, 5) is 15.0. The molecule has 0 fully saturated rings. The SMILES string of the molecule is O=C(OCCCCCCCCCCCCCCCCCCCCBr)C(F)(F)S(=O)(=O)[O-].c1ccc([S+](c2ccccc2)c2ccccc2)cc1. The van der Waals surface area contributed by atoms with Crippen LogP contribution in [0.3, 0.4) is 0 Å². The third-order valence-electron chi connectivity index (χ3n) is 8.25. The Hall–Kier alpha value is -2.27. The van der Waals surface area contributed by atoms with Gasteiger partial charge in [0.1, 0.15) is 0 Å². The first-order valence-corrected chi connectivity index (χ1v) is 21.9. The standard InChI is InChI=1S/C22H41BrF2O5S.C18H15S/c23-19-17-15-13-11-9-7-5-3-1-2-4-6-8-10-12-14-16-18-20-30-21(26)22(24,25)31(27,28)29;1-4-10-16(11-5-1)19(17-12-6-2-7-13-17)18-14-8-3-9-15-18/h1-20H2,(H,27,28,29);1-15H/q;+1/p-1. The topological polar surface area (TPSA) is 83.5 Å². The van der Waals surface area contributed by atoms with Crippen LogP contribution in [-0.4, -0.2) is 36.1 Å². The van der Waals surface area contributed by atoms with Gasteiger partial charge in [0.25, 0.3) is 0 Å². The molecule has 0 saturated heterocycles. The van der Waals surface area contributed by atoms with Crippen molar-refractivity contribution in [2.45, 2.75) is 136 Å². The van der Waals surface area contributed by atoms with E-state index in [-0.39, 0.29) is 17.5 Å². The molecule has 0 aliphatic rings. The minimum Gasteiger partial charge on any atom is -0.743 e. The lowest BCUT2D eigenvalue weighted by molar-refractivity contribution is -0.161. The van der Waals surface area contributed by atoms with Crippen LogP contribution < -0.4 is 0 Å².